The minimum absolute atomic E-state index is 0.0347. The zero-order chi connectivity index (χ0) is 13.4. The van der Waals surface area contributed by atoms with E-state index in [0.717, 1.165) is 13.0 Å². The lowest BCUT2D eigenvalue weighted by Gasteiger charge is -2.34. The van der Waals surface area contributed by atoms with Gasteiger partial charge in [0.1, 0.15) is 0 Å². The number of aryl methyl sites for hydroxylation is 1. The topological polar surface area (TPSA) is 56.6 Å². The summed E-state index contributed by atoms with van der Waals surface area (Å²) < 4.78 is 12.9. The van der Waals surface area contributed by atoms with Gasteiger partial charge in [0.2, 0.25) is 5.88 Å². The third kappa shape index (κ3) is 2.45. The van der Waals surface area contributed by atoms with Crippen LogP contribution in [0.1, 0.15) is 30.8 Å². The fourth-order valence-corrected chi connectivity index (χ4v) is 2.68. The van der Waals surface area contributed by atoms with Crippen LogP contribution in [0.25, 0.3) is 0 Å². The number of amides is 1. The SMILES string of the molecule is CC1CN(C(=O)c2cc3n(n2)CCCO3)CC(C)O1. The number of aromatic nitrogens is 2. The van der Waals surface area contributed by atoms with Crippen molar-refractivity contribution in [2.24, 2.45) is 0 Å². The average Bonchev–Trinajstić information content (AvgIpc) is 2.80. The Labute approximate surface area is 112 Å². The van der Waals surface area contributed by atoms with E-state index in [-0.39, 0.29) is 18.1 Å². The van der Waals surface area contributed by atoms with Crippen LogP contribution in [0, 0.1) is 0 Å². The Kier molecular flexibility index (Phi) is 3.18. The number of rotatable bonds is 1. The van der Waals surface area contributed by atoms with Gasteiger partial charge in [0, 0.05) is 32.1 Å². The normalized spacial score (nSPS) is 26.7. The quantitative estimate of drug-likeness (QED) is 0.757. The molecule has 19 heavy (non-hydrogen) atoms. The number of nitrogens with zero attached hydrogens (tertiary/aromatic N) is 3. The van der Waals surface area contributed by atoms with E-state index in [4.69, 9.17) is 9.47 Å². The molecule has 0 spiro atoms. The van der Waals surface area contributed by atoms with Crippen LogP contribution < -0.4 is 4.74 Å². The van der Waals surface area contributed by atoms with Crippen molar-refractivity contribution in [2.75, 3.05) is 19.7 Å². The summed E-state index contributed by atoms with van der Waals surface area (Å²) in [6.07, 6.45) is 1.08. The third-order valence-corrected chi connectivity index (χ3v) is 3.43. The first-order chi connectivity index (χ1) is 9.13. The van der Waals surface area contributed by atoms with E-state index < -0.39 is 0 Å². The molecule has 0 N–H and O–H groups in total. The van der Waals surface area contributed by atoms with Crippen molar-refractivity contribution < 1.29 is 14.3 Å². The second-order valence-electron chi connectivity index (χ2n) is 5.26. The fraction of sp³-hybridized carbons (Fsp3) is 0.692. The second-order valence-corrected chi connectivity index (χ2v) is 5.26. The molecule has 2 atom stereocenters. The number of hydrogen-bond donors (Lipinski definition) is 0. The summed E-state index contributed by atoms with van der Waals surface area (Å²) in [7, 11) is 0. The molecule has 0 aliphatic carbocycles. The highest BCUT2D eigenvalue weighted by atomic mass is 16.5. The van der Waals surface area contributed by atoms with Crippen molar-refractivity contribution in [1.29, 1.82) is 0 Å². The number of hydrogen-bond acceptors (Lipinski definition) is 4. The first-order valence-corrected chi connectivity index (χ1v) is 6.79. The predicted octanol–water partition coefficient (Wildman–Crippen LogP) is 0.915. The number of morpholine rings is 1. The minimum Gasteiger partial charge on any atom is -0.478 e. The smallest absolute Gasteiger partial charge is 0.274 e. The molecule has 0 saturated carbocycles. The minimum atomic E-state index is -0.0347. The molecule has 0 bridgehead atoms. The van der Waals surface area contributed by atoms with Gasteiger partial charge in [-0.3, -0.25) is 4.79 Å². The Bertz CT molecular complexity index is 452. The van der Waals surface area contributed by atoms with Crippen molar-refractivity contribution in [2.45, 2.75) is 39.0 Å². The Balaban J connectivity index is 1.77. The third-order valence-electron chi connectivity index (χ3n) is 3.43. The maximum atomic E-state index is 12.4. The summed E-state index contributed by atoms with van der Waals surface area (Å²) in [5.74, 6) is 0.663. The highest BCUT2D eigenvalue weighted by Crippen LogP contribution is 2.20. The van der Waals surface area contributed by atoms with E-state index in [1.807, 2.05) is 18.7 Å². The molecule has 1 saturated heterocycles. The number of ether oxygens (including phenoxy) is 2. The molecule has 1 fully saturated rings. The molecule has 2 aliphatic rings. The van der Waals surface area contributed by atoms with Crippen LogP contribution in [0.5, 0.6) is 5.88 Å². The molecule has 3 rings (SSSR count). The number of carbonyl (C=O) groups is 1. The molecule has 6 heteroatoms. The van der Waals surface area contributed by atoms with Gasteiger partial charge < -0.3 is 14.4 Å². The van der Waals surface area contributed by atoms with E-state index in [1.165, 1.54) is 0 Å². The first kappa shape index (κ1) is 12.5. The zero-order valence-electron chi connectivity index (χ0n) is 11.3. The van der Waals surface area contributed by atoms with Crippen LogP contribution in [0.2, 0.25) is 0 Å². The van der Waals surface area contributed by atoms with Crippen molar-refractivity contribution in [1.82, 2.24) is 14.7 Å². The van der Waals surface area contributed by atoms with Crippen LogP contribution in [-0.2, 0) is 11.3 Å². The Hall–Kier alpha value is -1.56. The Morgan fingerprint density at radius 1 is 1.37 bits per heavy atom. The maximum absolute atomic E-state index is 12.4. The van der Waals surface area contributed by atoms with Gasteiger partial charge >= 0.3 is 0 Å². The summed E-state index contributed by atoms with van der Waals surface area (Å²) in [5, 5.41) is 4.34. The first-order valence-electron chi connectivity index (χ1n) is 6.79. The molecule has 3 heterocycles. The van der Waals surface area contributed by atoms with Gasteiger partial charge in [-0.05, 0) is 13.8 Å². The largest absolute Gasteiger partial charge is 0.478 e. The van der Waals surface area contributed by atoms with E-state index in [9.17, 15) is 4.79 Å². The van der Waals surface area contributed by atoms with Gasteiger partial charge in [0.15, 0.2) is 5.69 Å². The highest BCUT2D eigenvalue weighted by molar-refractivity contribution is 5.92. The lowest BCUT2D eigenvalue weighted by molar-refractivity contribution is -0.0587. The monoisotopic (exact) mass is 265 g/mol. The van der Waals surface area contributed by atoms with Gasteiger partial charge in [-0.15, -0.1) is 0 Å². The highest BCUT2D eigenvalue weighted by Gasteiger charge is 2.29. The van der Waals surface area contributed by atoms with Crippen molar-refractivity contribution in [3.63, 3.8) is 0 Å². The average molecular weight is 265 g/mol. The predicted molar refractivity (Wildman–Crippen MR) is 68.3 cm³/mol. The van der Waals surface area contributed by atoms with Crippen LogP contribution >= 0.6 is 0 Å². The second kappa shape index (κ2) is 4.85. The zero-order valence-corrected chi connectivity index (χ0v) is 11.3. The summed E-state index contributed by atoms with van der Waals surface area (Å²) in [4.78, 5) is 14.3. The molecular weight excluding hydrogens is 246 g/mol. The van der Waals surface area contributed by atoms with Crippen LogP contribution in [0.3, 0.4) is 0 Å². The van der Waals surface area contributed by atoms with Gasteiger partial charge in [0.25, 0.3) is 5.91 Å². The lowest BCUT2D eigenvalue weighted by Crippen LogP contribution is -2.48. The summed E-state index contributed by atoms with van der Waals surface area (Å²) in [6, 6.07) is 1.74. The Morgan fingerprint density at radius 3 is 2.79 bits per heavy atom. The molecule has 2 unspecified atom stereocenters. The summed E-state index contributed by atoms with van der Waals surface area (Å²) in [6.45, 7) is 6.72. The molecule has 1 amide bonds. The van der Waals surface area contributed by atoms with Gasteiger partial charge in [0.05, 0.1) is 18.8 Å². The van der Waals surface area contributed by atoms with Gasteiger partial charge in [-0.25, -0.2) is 4.68 Å². The van der Waals surface area contributed by atoms with Crippen LogP contribution in [0.15, 0.2) is 6.07 Å². The number of carbonyl (C=O) groups excluding carboxylic acids is 1. The molecule has 0 aromatic carbocycles. The Morgan fingerprint density at radius 2 is 2.11 bits per heavy atom. The standard InChI is InChI=1S/C13H19N3O3/c1-9-7-15(8-10(2)19-9)13(17)11-6-12-16(14-11)4-3-5-18-12/h6,9-10H,3-5,7-8H2,1-2H3. The van der Waals surface area contributed by atoms with Crippen molar-refractivity contribution >= 4 is 5.91 Å². The maximum Gasteiger partial charge on any atom is 0.274 e. The lowest BCUT2D eigenvalue weighted by atomic mass is 10.2. The number of fused-ring (bicyclic) bond motifs is 1. The van der Waals surface area contributed by atoms with Crippen LogP contribution in [-0.4, -0.2) is 52.5 Å². The van der Waals surface area contributed by atoms with Crippen molar-refractivity contribution in [3.8, 4) is 5.88 Å². The molecule has 1 aromatic heterocycles. The van der Waals surface area contributed by atoms with Crippen molar-refractivity contribution in [3.05, 3.63) is 11.8 Å². The fourth-order valence-electron chi connectivity index (χ4n) is 2.68. The van der Waals surface area contributed by atoms with E-state index in [1.54, 1.807) is 10.7 Å². The van der Waals surface area contributed by atoms with E-state index >= 15 is 0 Å². The molecular formula is C13H19N3O3. The van der Waals surface area contributed by atoms with Gasteiger partial charge in [-0.2, -0.15) is 5.10 Å². The molecule has 0 radical (unpaired) electrons. The summed E-state index contributed by atoms with van der Waals surface area (Å²) in [5.41, 5.74) is 0.471. The molecule has 2 aliphatic heterocycles. The van der Waals surface area contributed by atoms with Crippen LogP contribution in [0.4, 0.5) is 0 Å². The van der Waals surface area contributed by atoms with E-state index in [2.05, 4.69) is 5.10 Å². The molecule has 104 valence electrons. The molecule has 6 nitrogen and oxygen atoms in total. The van der Waals surface area contributed by atoms with E-state index in [0.29, 0.717) is 31.3 Å². The van der Waals surface area contributed by atoms with Gasteiger partial charge in [-0.1, -0.05) is 0 Å². The molecule has 1 aromatic rings. The summed E-state index contributed by atoms with van der Waals surface area (Å²) >= 11 is 0.